The zero-order valence-corrected chi connectivity index (χ0v) is 15.3. The van der Waals surface area contributed by atoms with Crippen LogP contribution in [-0.4, -0.2) is 22.4 Å². The first kappa shape index (κ1) is 18.3. The second-order valence-electron chi connectivity index (χ2n) is 5.42. The van der Waals surface area contributed by atoms with Crippen molar-refractivity contribution in [1.29, 1.82) is 0 Å². The SMILES string of the molecule is Cl.NCCc1nc(C(=O)Nc2nc3c(s2)CCCCCC3)cs1. The lowest BCUT2D eigenvalue weighted by atomic mass is 10.0. The molecule has 0 unspecified atom stereocenters. The number of aryl methyl sites for hydroxylation is 2. The minimum absolute atomic E-state index is 0. The summed E-state index contributed by atoms with van der Waals surface area (Å²) >= 11 is 3.09. The van der Waals surface area contributed by atoms with Gasteiger partial charge in [-0.05, 0) is 32.2 Å². The van der Waals surface area contributed by atoms with E-state index in [9.17, 15) is 4.79 Å². The molecule has 0 bridgehead atoms. The molecule has 0 aromatic carbocycles. The van der Waals surface area contributed by atoms with E-state index in [-0.39, 0.29) is 18.3 Å². The molecule has 3 rings (SSSR count). The Balaban J connectivity index is 0.00000192. The average molecular weight is 373 g/mol. The van der Waals surface area contributed by atoms with Gasteiger partial charge in [0.05, 0.1) is 10.7 Å². The zero-order chi connectivity index (χ0) is 15.4. The third kappa shape index (κ3) is 4.73. The molecule has 126 valence electrons. The predicted octanol–water partition coefficient (Wildman–Crippen LogP) is 3.43. The van der Waals surface area contributed by atoms with E-state index in [0.717, 1.165) is 17.8 Å². The van der Waals surface area contributed by atoms with Crippen LogP contribution >= 0.6 is 35.1 Å². The van der Waals surface area contributed by atoms with Crippen molar-refractivity contribution >= 4 is 46.1 Å². The van der Waals surface area contributed by atoms with Crippen molar-refractivity contribution in [1.82, 2.24) is 9.97 Å². The lowest BCUT2D eigenvalue weighted by Gasteiger charge is -2.06. The molecular formula is C15H21ClN4OS2. The summed E-state index contributed by atoms with van der Waals surface area (Å²) in [6, 6.07) is 0. The first-order chi connectivity index (χ1) is 10.8. The van der Waals surface area contributed by atoms with E-state index in [1.54, 1.807) is 16.7 Å². The number of aromatic nitrogens is 2. The Bertz CT molecular complexity index is 630. The molecule has 1 aliphatic rings. The highest BCUT2D eigenvalue weighted by Crippen LogP contribution is 2.28. The Kier molecular flexibility index (Phi) is 6.95. The fraction of sp³-hybridized carbons (Fsp3) is 0.533. The van der Waals surface area contributed by atoms with Crippen LogP contribution < -0.4 is 11.1 Å². The standard InChI is InChI=1S/C15H20N4OS2.ClH/c16-8-7-13-17-11(9-21-13)14(20)19-15-18-10-5-3-1-2-4-6-12(10)22-15;/h9H,1-8,16H2,(H,18,19,20);1H. The van der Waals surface area contributed by atoms with E-state index >= 15 is 0 Å². The van der Waals surface area contributed by atoms with Gasteiger partial charge in [-0.25, -0.2) is 9.97 Å². The highest BCUT2D eigenvalue weighted by Gasteiger charge is 2.16. The third-order valence-corrected chi connectivity index (χ3v) is 5.69. The molecule has 0 aliphatic heterocycles. The van der Waals surface area contributed by atoms with Gasteiger partial charge in [0.2, 0.25) is 0 Å². The first-order valence-corrected chi connectivity index (χ1v) is 9.40. The molecule has 3 N–H and O–H groups in total. The van der Waals surface area contributed by atoms with Crippen LogP contribution in [0.5, 0.6) is 0 Å². The first-order valence-electron chi connectivity index (χ1n) is 7.70. The number of nitrogens with two attached hydrogens (primary N) is 1. The minimum atomic E-state index is -0.179. The quantitative estimate of drug-likeness (QED) is 0.861. The highest BCUT2D eigenvalue weighted by molar-refractivity contribution is 7.16. The van der Waals surface area contributed by atoms with Gasteiger partial charge in [-0.3, -0.25) is 10.1 Å². The van der Waals surface area contributed by atoms with E-state index in [1.807, 2.05) is 0 Å². The van der Waals surface area contributed by atoms with Gasteiger partial charge < -0.3 is 5.73 Å². The van der Waals surface area contributed by atoms with Crippen molar-refractivity contribution in [3.05, 3.63) is 26.7 Å². The summed E-state index contributed by atoms with van der Waals surface area (Å²) in [6.07, 6.45) is 7.81. The number of halogens is 1. The van der Waals surface area contributed by atoms with Gasteiger partial charge in [-0.1, -0.05) is 12.8 Å². The van der Waals surface area contributed by atoms with Gasteiger partial charge in [-0.2, -0.15) is 0 Å². The molecule has 8 heteroatoms. The van der Waals surface area contributed by atoms with Crippen molar-refractivity contribution in [2.75, 3.05) is 11.9 Å². The second kappa shape index (κ2) is 8.73. The number of amides is 1. The maximum atomic E-state index is 12.2. The van der Waals surface area contributed by atoms with E-state index < -0.39 is 0 Å². The van der Waals surface area contributed by atoms with Crippen LogP contribution in [-0.2, 0) is 19.3 Å². The monoisotopic (exact) mass is 372 g/mol. The fourth-order valence-corrected chi connectivity index (χ4v) is 4.41. The Hall–Kier alpha value is -1.02. The van der Waals surface area contributed by atoms with Crippen molar-refractivity contribution in [3.8, 4) is 0 Å². The summed E-state index contributed by atoms with van der Waals surface area (Å²) in [7, 11) is 0. The van der Waals surface area contributed by atoms with Crippen molar-refractivity contribution in [3.63, 3.8) is 0 Å². The molecule has 23 heavy (non-hydrogen) atoms. The molecule has 2 aromatic heterocycles. The third-order valence-electron chi connectivity index (χ3n) is 3.71. The van der Waals surface area contributed by atoms with Gasteiger partial charge in [0.15, 0.2) is 5.13 Å². The molecule has 5 nitrogen and oxygen atoms in total. The zero-order valence-electron chi connectivity index (χ0n) is 12.8. The number of nitrogens with zero attached hydrogens (tertiary/aromatic N) is 2. The maximum absolute atomic E-state index is 12.2. The molecular weight excluding hydrogens is 352 g/mol. The summed E-state index contributed by atoms with van der Waals surface area (Å²) in [4.78, 5) is 22.5. The Labute approximate surface area is 150 Å². The molecule has 0 saturated heterocycles. The van der Waals surface area contributed by atoms with Crippen LogP contribution in [0.4, 0.5) is 5.13 Å². The predicted molar refractivity (Wildman–Crippen MR) is 98.1 cm³/mol. The molecule has 0 radical (unpaired) electrons. The number of rotatable bonds is 4. The summed E-state index contributed by atoms with van der Waals surface area (Å²) in [6.45, 7) is 0.549. The second-order valence-corrected chi connectivity index (χ2v) is 7.45. The molecule has 0 fully saturated rings. The molecule has 0 spiro atoms. The van der Waals surface area contributed by atoms with Gasteiger partial charge in [0.1, 0.15) is 5.69 Å². The summed E-state index contributed by atoms with van der Waals surface area (Å²) in [5.74, 6) is -0.179. The summed E-state index contributed by atoms with van der Waals surface area (Å²) in [5.41, 5.74) is 7.13. The summed E-state index contributed by atoms with van der Waals surface area (Å²) < 4.78 is 0. The van der Waals surface area contributed by atoms with Crippen molar-refractivity contribution in [2.24, 2.45) is 5.73 Å². The molecule has 1 amide bonds. The Morgan fingerprint density at radius 3 is 2.78 bits per heavy atom. The lowest BCUT2D eigenvalue weighted by Crippen LogP contribution is -2.12. The molecule has 2 aromatic rings. The number of hydrogen-bond acceptors (Lipinski definition) is 6. The van der Waals surface area contributed by atoms with Crippen LogP contribution in [0.25, 0.3) is 0 Å². The number of carbonyl (C=O) groups is 1. The van der Waals surface area contributed by atoms with Crippen LogP contribution in [0.1, 0.15) is 51.8 Å². The number of fused-ring (bicyclic) bond motifs is 1. The van der Waals surface area contributed by atoms with E-state index in [1.165, 1.54) is 47.6 Å². The van der Waals surface area contributed by atoms with Gasteiger partial charge in [0.25, 0.3) is 5.91 Å². The lowest BCUT2D eigenvalue weighted by molar-refractivity contribution is 0.102. The minimum Gasteiger partial charge on any atom is -0.330 e. The molecule has 0 saturated carbocycles. The number of carbonyl (C=O) groups excluding carboxylic acids is 1. The van der Waals surface area contributed by atoms with Crippen molar-refractivity contribution in [2.45, 2.75) is 44.9 Å². The van der Waals surface area contributed by atoms with E-state index in [0.29, 0.717) is 23.8 Å². The number of thiazole rings is 2. The maximum Gasteiger partial charge on any atom is 0.276 e. The van der Waals surface area contributed by atoms with Gasteiger partial charge in [-0.15, -0.1) is 35.1 Å². The largest absolute Gasteiger partial charge is 0.330 e. The van der Waals surface area contributed by atoms with E-state index in [2.05, 4.69) is 15.3 Å². The normalized spacial score (nSPS) is 14.3. The molecule has 2 heterocycles. The fourth-order valence-electron chi connectivity index (χ4n) is 2.57. The Morgan fingerprint density at radius 2 is 2.00 bits per heavy atom. The van der Waals surface area contributed by atoms with Crippen LogP contribution in [0.3, 0.4) is 0 Å². The van der Waals surface area contributed by atoms with Crippen LogP contribution in [0.15, 0.2) is 5.38 Å². The summed E-state index contributed by atoms with van der Waals surface area (Å²) in [5, 5.41) is 6.28. The highest BCUT2D eigenvalue weighted by atomic mass is 35.5. The van der Waals surface area contributed by atoms with Crippen molar-refractivity contribution < 1.29 is 4.79 Å². The average Bonchev–Trinajstić information content (AvgIpc) is 3.07. The number of anilines is 1. The topological polar surface area (TPSA) is 80.9 Å². The smallest absolute Gasteiger partial charge is 0.276 e. The number of nitrogens with one attached hydrogen (secondary N) is 1. The van der Waals surface area contributed by atoms with Crippen LogP contribution in [0, 0.1) is 0 Å². The van der Waals surface area contributed by atoms with Crippen LogP contribution in [0.2, 0.25) is 0 Å². The van der Waals surface area contributed by atoms with E-state index in [4.69, 9.17) is 5.73 Å². The Morgan fingerprint density at radius 1 is 1.22 bits per heavy atom. The van der Waals surface area contributed by atoms with Gasteiger partial charge in [0, 0.05) is 16.7 Å². The number of hydrogen-bond donors (Lipinski definition) is 2. The van der Waals surface area contributed by atoms with Gasteiger partial charge >= 0.3 is 0 Å². The molecule has 1 aliphatic carbocycles. The molecule has 0 atom stereocenters.